The largest absolute Gasteiger partial charge is 0.460 e. The number of hydrogen-bond donors (Lipinski definition) is 1. The van der Waals surface area contributed by atoms with E-state index in [1.807, 2.05) is 32.9 Å². The summed E-state index contributed by atoms with van der Waals surface area (Å²) in [5.41, 5.74) is 2.16. The lowest BCUT2D eigenvalue weighted by Gasteiger charge is -2.27. The minimum Gasteiger partial charge on any atom is -0.460 e. The smallest absolute Gasteiger partial charge is 0.306 e. The topological polar surface area (TPSA) is 38.3 Å². The average Bonchev–Trinajstić information content (AvgIpc) is 2.27. The Labute approximate surface area is 109 Å². The molecule has 0 spiro atoms. The van der Waals surface area contributed by atoms with E-state index in [4.69, 9.17) is 4.74 Å². The van der Waals surface area contributed by atoms with Crippen molar-refractivity contribution in [1.29, 1.82) is 0 Å². The molecule has 18 heavy (non-hydrogen) atoms. The molecule has 0 bridgehead atoms. The van der Waals surface area contributed by atoms with Gasteiger partial charge in [-0.3, -0.25) is 4.79 Å². The van der Waals surface area contributed by atoms with E-state index in [1.165, 1.54) is 11.1 Å². The van der Waals surface area contributed by atoms with Crippen LogP contribution in [0.5, 0.6) is 0 Å². The third-order valence-electron chi connectivity index (χ3n) is 3.03. The Morgan fingerprint density at radius 3 is 2.83 bits per heavy atom. The number of benzene rings is 1. The molecule has 1 aliphatic rings. The molecule has 1 aliphatic heterocycles. The second-order valence-corrected chi connectivity index (χ2v) is 5.82. The van der Waals surface area contributed by atoms with Crippen LogP contribution in [0.2, 0.25) is 0 Å². The number of hydrogen-bond acceptors (Lipinski definition) is 3. The maximum absolute atomic E-state index is 11.9. The van der Waals surface area contributed by atoms with Crippen LogP contribution in [0.3, 0.4) is 0 Å². The van der Waals surface area contributed by atoms with Crippen LogP contribution in [-0.2, 0) is 16.1 Å². The number of rotatable bonds is 2. The van der Waals surface area contributed by atoms with E-state index in [-0.39, 0.29) is 11.9 Å². The fraction of sp³-hybridized carbons (Fsp3) is 0.533. The Hall–Kier alpha value is -1.35. The molecule has 1 aromatic carbocycles. The normalized spacial score (nSPS) is 19.2. The minimum absolute atomic E-state index is 0.119. The minimum atomic E-state index is -0.404. The van der Waals surface area contributed by atoms with E-state index in [1.54, 1.807) is 0 Å². The number of esters is 1. The van der Waals surface area contributed by atoms with Gasteiger partial charge in [-0.2, -0.15) is 0 Å². The third-order valence-corrected chi connectivity index (χ3v) is 3.03. The van der Waals surface area contributed by atoms with Gasteiger partial charge in [0.15, 0.2) is 0 Å². The summed E-state index contributed by atoms with van der Waals surface area (Å²) in [6.45, 7) is 7.44. The van der Waals surface area contributed by atoms with Crippen LogP contribution < -0.4 is 5.32 Å². The second-order valence-electron chi connectivity index (χ2n) is 5.82. The summed E-state index contributed by atoms with van der Waals surface area (Å²) in [6, 6.07) is 8.30. The first-order valence-electron chi connectivity index (χ1n) is 6.46. The average molecular weight is 247 g/mol. The zero-order chi connectivity index (χ0) is 13.2. The van der Waals surface area contributed by atoms with Crippen molar-refractivity contribution in [3.8, 4) is 0 Å². The first kappa shape index (κ1) is 13.1. The SMILES string of the molecule is CC(C)(C)OC(=O)CC1CNCc2ccccc21. The van der Waals surface area contributed by atoms with Crippen LogP contribution in [0.25, 0.3) is 0 Å². The highest BCUT2D eigenvalue weighted by molar-refractivity contribution is 5.71. The van der Waals surface area contributed by atoms with E-state index in [9.17, 15) is 4.79 Å². The lowest BCUT2D eigenvalue weighted by Crippen LogP contribution is -2.31. The van der Waals surface area contributed by atoms with Crippen molar-refractivity contribution in [2.24, 2.45) is 0 Å². The molecule has 1 aromatic rings. The van der Waals surface area contributed by atoms with Crippen molar-refractivity contribution >= 4 is 5.97 Å². The highest BCUT2D eigenvalue weighted by atomic mass is 16.6. The summed E-state index contributed by atoms with van der Waals surface area (Å²) in [7, 11) is 0. The highest BCUT2D eigenvalue weighted by Gasteiger charge is 2.24. The molecule has 3 heteroatoms. The van der Waals surface area contributed by atoms with Gasteiger partial charge >= 0.3 is 5.97 Å². The van der Waals surface area contributed by atoms with Crippen molar-refractivity contribution in [2.45, 2.75) is 45.3 Å². The standard InChI is InChI=1S/C15H21NO2/c1-15(2,3)18-14(17)8-12-10-16-9-11-6-4-5-7-13(11)12/h4-7,12,16H,8-10H2,1-3H3. The molecule has 1 N–H and O–H groups in total. The third kappa shape index (κ3) is 3.33. The molecule has 0 saturated carbocycles. The Morgan fingerprint density at radius 2 is 2.11 bits per heavy atom. The monoisotopic (exact) mass is 247 g/mol. The Bertz CT molecular complexity index is 434. The molecule has 0 aliphatic carbocycles. The number of nitrogens with one attached hydrogen (secondary N) is 1. The van der Waals surface area contributed by atoms with Gasteiger partial charge in [0.1, 0.15) is 5.60 Å². The molecular formula is C15H21NO2. The van der Waals surface area contributed by atoms with Gasteiger partial charge < -0.3 is 10.1 Å². The zero-order valence-electron chi connectivity index (χ0n) is 11.3. The summed E-state index contributed by atoms with van der Waals surface area (Å²) in [5, 5.41) is 3.35. The predicted molar refractivity (Wildman–Crippen MR) is 71.4 cm³/mol. The molecule has 1 unspecified atom stereocenters. The van der Waals surface area contributed by atoms with Crippen molar-refractivity contribution in [2.75, 3.05) is 6.54 Å². The van der Waals surface area contributed by atoms with Gasteiger partial charge in [0.2, 0.25) is 0 Å². The predicted octanol–water partition coefficient (Wildman–Crippen LogP) is 2.61. The molecule has 0 aromatic heterocycles. The molecule has 0 saturated heterocycles. The fourth-order valence-electron chi connectivity index (χ4n) is 2.35. The van der Waals surface area contributed by atoms with Crippen LogP contribution in [-0.4, -0.2) is 18.1 Å². The molecule has 2 rings (SSSR count). The number of carbonyl (C=O) groups excluding carboxylic acids is 1. The fourth-order valence-corrected chi connectivity index (χ4v) is 2.35. The number of ether oxygens (including phenoxy) is 1. The molecular weight excluding hydrogens is 226 g/mol. The quantitative estimate of drug-likeness (QED) is 0.816. The van der Waals surface area contributed by atoms with Crippen LogP contribution >= 0.6 is 0 Å². The lowest BCUT2D eigenvalue weighted by molar-refractivity contribution is -0.155. The van der Waals surface area contributed by atoms with Gasteiger partial charge in [-0.15, -0.1) is 0 Å². The molecule has 0 amide bonds. The summed E-state index contributed by atoms with van der Waals surface area (Å²) >= 11 is 0. The van der Waals surface area contributed by atoms with E-state index in [0.717, 1.165) is 13.1 Å². The van der Waals surface area contributed by atoms with Gasteiger partial charge in [0.25, 0.3) is 0 Å². The molecule has 1 atom stereocenters. The van der Waals surface area contributed by atoms with Crippen LogP contribution in [0, 0.1) is 0 Å². The highest BCUT2D eigenvalue weighted by Crippen LogP contribution is 2.27. The second kappa shape index (κ2) is 5.11. The van der Waals surface area contributed by atoms with Crippen molar-refractivity contribution in [3.05, 3.63) is 35.4 Å². The Kier molecular flexibility index (Phi) is 3.71. The molecule has 0 fully saturated rings. The van der Waals surface area contributed by atoms with E-state index < -0.39 is 5.60 Å². The summed E-state index contributed by atoms with van der Waals surface area (Å²) in [5.74, 6) is 0.107. The van der Waals surface area contributed by atoms with Crippen molar-refractivity contribution < 1.29 is 9.53 Å². The maximum Gasteiger partial charge on any atom is 0.306 e. The maximum atomic E-state index is 11.9. The van der Waals surface area contributed by atoms with Crippen LogP contribution in [0.1, 0.15) is 44.2 Å². The summed E-state index contributed by atoms with van der Waals surface area (Å²) in [6.07, 6.45) is 0.446. The lowest BCUT2D eigenvalue weighted by atomic mass is 9.88. The zero-order valence-corrected chi connectivity index (χ0v) is 11.3. The van der Waals surface area contributed by atoms with Gasteiger partial charge in [0.05, 0.1) is 6.42 Å². The molecule has 0 radical (unpaired) electrons. The van der Waals surface area contributed by atoms with Gasteiger partial charge in [-0.05, 0) is 31.9 Å². The van der Waals surface area contributed by atoms with E-state index in [0.29, 0.717) is 6.42 Å². The van der Waals surface area contributed by atoms with Gasteiger partial charge in [-0.1, -0.05) is 24.3 Å². The van der Waals surface area contributed by atoms with Gasteiger partial charge in [-0.25, -0.2) is 0 Å². The first-order chi connectivity index (χ1) is 8.46. The Morgan fingerprint density at radius 1 is 1.39 bits per heavy atom. The van der Waals surface area contributed by atoms with E-state index in [2.05, 4.69) is 17.4 Å². The molecule has 3 nitrogen and oxygen atoms in total. The number of fused-ring (bicyclic) bond motifs is 1. The number of carbonyl (C=O) groups is 1. The summed E-state index contributed by atoms with van der Waals surface area (Å²) < 4.78 is 5.39. The van der Waals surface area contributed by atoms with Crippen molar-refractivity contribution in [1.82, 2.24) is 5.32 Å². The van der Waals surface area contributed by atoms with Crippen molar-refractivity contribution in [3.63, 3.8) is 0 Å². The van der Waals surface area contributed by atoms with Crippen LogP contribution in [0.4, 0.5) is 0 Å². The Balaban J connectivity index is 2.05. The van der Waals surface area contributed by atoms with Gasteiger partial charge in [0, 0.05) is 19.0 Å². The molecule has 98 valence electrons. The molecule has 1 heterocycles. The van der Waals surface area contributed by atoms with Crippen LogP contribution in [0.15, 0.2) is 24.3 Å². The first-order valence-corrected chi connectivity index (χ1v) is 6.46. The van der Waals surface area contributed by atoms with E-state index >= 15 is 0 Å². The summed E-state index contributed by atoms with van der Waals surface area (Å²) in [4.78, 5) is 11.9.